The molecule has 0 aliphatic rings. The molecule has 0 aliphatic carbocycles. The molecular formula is C40H30N2O2P2. The fraction of sp³-hybridized carbons (Fsp3) is 0. The molecule has 0 atom stereocenters. The zero-order chi connectivity index (χ0) is 31.4. The lowest BCUT2D eigenvalue weighted by atomic mass is 10.1. The summed E-state index contributed by atoms with van der Waals surface area (Å²) in [6.45, 7) is 0. The summed E-state index contributed by atoms with van der Waals surface area (Å²) in [5, 5.41) is 4.04. The predicted molar refractivity (Wildman–Crippen MR) is 192 cm³/mol. The van der Waals surface area contributed by atoms with Crippen LogP contribution in [-0.2, 0) is 9.13 Å². The summed E-state index contributed by atoms with van der Waals surface area (Å²) >= 11 is 0. The smallest absolute Gasteiger partial charge is 0.171 e. The molecule has 1 aromatic heterocycles. The van der Waals surface area contributed by atoms with Crippen LogP contribution >= 0.6 is 14.3 Å². The second-order valence-electron chi connectivity index (χ2n) is 10.9. The second-order valence-corrected chi connectivity index (χ2v) is 16.4. The van der Waals surface area contributed by atoms with Crippen LogP contribution in [0.4, 0.5) is 0 Å². The van der Waals surface area contributed by atoms with E-state index in [1.807, 2.05) is 170 Å². The number of benzene rings is 6. The Bertz CT molecular complexity index is 2090. The molecule has 0 unspecified atom stereocenters. The van der Waals surface area contributed by atoms with E-state index in [0.717, 1.165) is 21.7 Å². The minimum absolute atomic E-state index is 0.413. The van der Waals surface area contributed by atoms with E-state index in [0.29, 0.717) is 32.6 Å². The summed E-state index contributed by atoms with van der Waals surface area (Å²) in [5.74, 6) is 0.413. The Kier molecular flexibility index (Phi) is 8.16. The topological polar surface area (TPSA) is 59.9 Å². The molecule has 0 radical (unpaired) electrons. The third-order valence-electron chi connectivity index (χ3n) is 8.16. The first kappa shape index (κ1) is 29.6. The van der Waals surface area contributed by atoms with E-state index >= 15 is 9.13 Å². The SMILES string of the molecule is O=P(c1ccccc1)(c1ccccc1)c1ccc(P(=O)(c2ccccc2)c2ccccc2)c(-c2ncc(-c3ccccc3)cn2)c1. The summed E-state index contributed by atoms with van der Waals surface area (Å²) in [6.07, 6.45) is 3.58. The lowest BCUT2D eigenvalue weighted by Gasteiger charge is -2.25. The summed E-state index contributed by atoms with van der Waals surface area (Å²) in [5.41, 5.74) is 2.45. The van der Waals surface area contributed by atoms with Crippen LogP contribution in [0.15, 0.2) is 182 Å². The maximum atomic E-state index is 15.7. The van der Waals surface area contributed by atoms with Crippen molar-refractivity contribution < 1.29 is 9.13 Å². The third kappa shape index (κ3) is 5.37. The van der Waals surface area contributed by atoms with Gasteiger partial charge in [0.05, 0.1) is 0 Å². The number of rotatable bonds is 8. The third-order valence-corrected chi connectivity index (χ3v) is 14.3. The van der Waals surface area contributed by atoms with Crippen LogP contribution in [-0.4, -0.2) is 9.97 Å². The molecule has 7 aromatic rings. The van der Waals surface area contributed by atoms with Crippen LogP contribution in [0.5, 0.6) is 0 Å². The van der Waals surface area contributed by atoms with Gasteiger partial charge in [0.25, 0.3) is 0 Å². The van der Waals surface area contributed by atoms with Crippen LogP contribution in [0.3, 0.4) is 0 Å². The van der Waals surface area contributed by atoms with Crippen molar-refractivity contribution in [1.29, 1.82) is 0 Å². The number of hydrogen-bond donors (Lipinski definition) is 0. The number of hydrogen-bond acceptors (Lipinski definition) is 4. The van der Waals surface area contributed by atoms with Crippen molar-refractivity contribution in [2.45, 2.75) is 0 Å². The van der Waals surface area contributed by atoms with Crippen molar-refractivity contribution in [1.82, 2.24) is 9.97 Å². The van der Waals surface area contributed by atoms with Gasteiger partial charge in [-0.25, -0.2) is 9.97 Å². The molecule has 0 amide bonds. The Labute approximate surface area is 269 Å². The summed E-state index contributed by atoms with van der Waals surface area (Å²) in [7, 11) is -6.78. The van der Waals surface area contributed by atoms with E-state index in [9.17, 15) is 0 Å². The molecular weight excluding hydrogens is 602 g/mol. The zero-order valence-electron chi connectivity index (χ0n) is 24.9. The molecule has 1 heterocycles. The molecule has 0 bridgehead atoms. The Morgan fingerprint density at radius 3 is 1.20 bits per heavy atom. The molecule has 0 N–H and O–H groups in total. The van der Waals surface area contributed by atoms with E-state index < -0.39 is 14.3 Å². The monoisotopic (exact) mass is 632 g/mol. The van der Waals surface area contributed by atoms with Crippen molar-refractivity contribution in [3.05, 3.63) is 182 Å². The normalized spacial score (nSPS) is 11.7. The van der Waals surface area contributed by atoms with E-state index in [4.69, 9.17) is 9.97 Å². The average Bonchev–Trinajstić information content (AvgIpc) is 3.16. The first-order valence-corrected chi connectivity index (χ1v) is 18.5. The van der Waals surface area contributed by atoms with Crippen molar-refractivity contribution in [2.75, 3.05) is 0 Å². The highest BCUT2D eigenvalue weighted by molar-refractivity contribution is 7.86. The maximum Gasteiger partial charge on any atom is 0.171 e. The molecule has 46 heavy (non-hydrogen) atoms. The molecule has 0 spiro atoms. The molecule has 0 saturated heterocycles. The minimum Gasteiger partial charge on any atom is -0.309 e. The Hall–Kier alpha value is -5.14. The lowest BCUT2D eigenvalue weighted by Crippen LogP contribution is -2.30. The average molecular weight is 633 g/mol. The summed E-state index contributed by atoms with van der Waals surface area (Å²) < 4.78 is 31.1. The van der Waals surface area contributed by atoms with Gasteiger partial charge in [0.15, 0.2) is 20.1 Å². The molecule has 0 saturated carbocycles. The fourth-order valence-electron chi connectivity index (χ4n) is 5.85. The largest absolute Gasteiger partial charge is 0.309 e. The first-order chi connectivity index (χ1) is 22.6. The van der Waals surface area contributed by atoms with Gasteiger partial charge in [-0.3, -0.25) is 0 Å². The van der Waals surface area contributed by atoms with Gasteiger partial charge < -0.3 is 9.13 Å². The fourth-order valence-corrected chi connectivity index (χ4v) is 11.3. The van der Waals surface area contributed by atoms with Gasteiger partial charge >= 0.3 is 0 Å². The molecule has 4 nitrogen and oxygen atoms in total. The van der Waals surface area contributed by atoms with E-state index in [1.165, 1.54) is 0 Å². The minimum atomic E-state index is -3.44. The highest BCUT2D eigenvalue weighted by Gasteiger charge is 2.36. The standard InChI is InChI=1S/C40H30N2O2P2/c43-45(33-18-8-2-9-19-33,34-20-10-3-11-21-34)37-26-27-39(46(44,35-22-12-4-13-23-35)36-24-14-5-15-25-36)38(28-37)40-41-29-32(30-42-40)31-16-6-1-7-17-31/h1-30H. The molecule has 6 aromatic carbocycles. The van der Waals surface area contributed by atoms with Crippen molar-refractivity contribution in [3.63, 3.8) is 0 Å². The lowest BCUT2D eigenvalue weighted by molar-refractivity contribution is 0.591. The van der Waals surface area contributed by atoms with Crippen molar-refractivity contribution >= 4 is 46.1 Å². The van der Waals surface area contributed by atoms with Gasteiger partial charge in [-0.2, -0.15) is 0 Å². The van der Waals surface area contributed by atoms with Crippen molar-refractivity contribution in [3.8, 4) is 22.5 Å². The predicted octanol–water partition coefficient (Wildman–Crippen LogP) is 7.09. The second kappa shape index (κ2) is 12.7. The maximum absolute atomic E-state index is 15.7. The molecule has 0 fully saturated rings. The van der Waals surface area contributed by atoms with Crippen LogP contribution < -0.4 is 31.8 Å². The Balaban J connectivity index is 1.51. The van der Waals surface area contributed by atoms with E-state index in [2.05, 4.69) is 0 Å². The van der Waals surface area contributed by atoms with Crippen molar-refractivity contribution in [2.24, 2.45) is 0 Å². The van der Waals surface area contributed by atoms with Crippen LogP contribution in [0.1, 0.15) is 0 Å². The molecule has 0 aliphatic heterocycles. The van der Waals surface area contributed by atoms with Gasteiger partial charge in [-0.15, -0.1) is 0 Å². The number of aromatic nitrogens is 2. The van der Waals surface area contributed by atoms with E-state index in [-0.39, 0.29) is 0 Å². The highest BCUT2D eigenvalue weighted by Crippen LogP contribution is 2.47. The van der Waals surface area contributed by atoms with Gasteiger partial charge in [0.2, 0.25) is 0 Å². The van der Waals surface area contributed by atoms with E-state index in [1.54, 1.807) is 12.4 Å². The van der Waals surface area contributed by atoms with Crippen LogP contribution in [0, 0.1) is 0 Å². The summed E-state index contributed by atoms with van der Waals surface area (Å²) in [6, 6.07) is 53.8. The number of nitrogens with zero attached hydrogens (tertiary/aromatic N) is 2. The van der Waals surface area contributed by atoms with Gasteiger partial charge in [0, 0.05) is 55.3 Å². The molecule has 7 rings (SSSR count). The van der Waals surface area contributed by atoms with Crippen LogP contribution in [0.2, 0.25) is 0 Å². The Morgan fingerprint density at radius 1 is 0.370 bits per heavy atom. The van der Waals surface area contributed by atoms with Gasteiger partial charge in [-0.1, -0.05) is 158 Å². The highest BCUT2D eigenvalue weighted by atomic mass is 31.2. The summed E-state index contributed by atoms with van der Waals surface area (Å²) in [4.78, 5) is 9.67. The quantitative estimate of drug-likeness (QED) is 0.168. The molecule has 222 valence electrons. The zero-order valence-corrected chi connectivity index (χ0v) is 26.7. The first-order valence-electron chi connectivity index (χ1n) is 15.0. The van der Waals surface area contributed by atoms with Gasteiger partial charge in [0.1, 0.15) is 0 Å². The Morgan fingerprint density at radius 2 is 0.761 bits per heavy atom. The molecule has 6 heteroatoms. The van der Waals surface area contributed by atoms with Gasteiger partial charge in [-0.05, 0) is 17.7 Å². The van der Waals surface area contributed by atoms with Crippen LogP contribution in [0.25, 0.3) is 22.5 Å².